The Morgan fingerprint density at radius 3 is 2.80 bits per heavy atom. The molecule has 8 heteroatoms. The molecule has 1 atom stereocenters. The first-order chi connectivity index (χ1) is 9.41. The van der Waals surface area contributed by atoms with E-state index >= 15 is 0 Å². The van der Waals surface area contributed by atoms with Gasteiger partial charge in [0.15, 0.2) is 5.16 Å². The molecule has 0 aliphatic heterocycles. The number of nitriles is 1. The monoisotopic (exact) mass is 297 g/mol. The second-order valence-electron chi connectivity index (χ2n) is 4.70. The molecule has 0 spiro atoms. The van der Waals surface area contributed by atoms with Gasteiger partial charge in [-0.3, -0.25) is 19.4 Å². The lowest BCUT2D eigenvalue weighted by atomic mass is 9.97. The molecule has 0 bridgehead atoms. The summed E-state index contributed by atoms with van der Waals surface area (Å²) in [5.74, 6) is 0.775. The molecule has 20 heavy (non-hydrogen) atoms. The Hall–Kier alpha value is -1.59. The van der Waals surface area contributed by atoms with Gasteiger partial charge in [0.25, 0.3) is 0 Å². The number of unbranched alkanes of at least 4 members (excludes halogenated alkanes) is 1. The van der Waals surface area contributed by atoms with Crippen LogP contribution in [-0.2, 0) is 7.05 Å². The van der Waals surface area contributed by atoms with Crippen LogP contribution in [0.15, 0.2) is 14.7 Å². The van der Waals surface area contributed by atoms with Crippen molar-refractivity contribution in [2.75, 3.05) is 12.8 Å². The van der Waals surface area contributed by atoms with Gasteiger partial charge >= 0.3 is 11.1 Å². The quantitative estimate of drug-likeness (QED) is 0.424. The average molecular weight is 297 g/mol. The van der Waals surface area contributed by atoms with Crippen LogP contribution in [-0.4, -0.2) is 33.1 Å². The zero-order valence-corrected chi connectivity index (χ0v) is 12.7. The summed E-state index contributed by atoms with van der Waals surface area (Å²) in [4.78, 5) is 25.9. The van der Waals surface area contributed by atoms with E-state index < -0.39 is 16.7 Å². The lowest BCUT2D eigenvalue weighted by molar-refractivity contribution is 0.439. The highest BCUT2D eigenvalue weighted by Crippen LogP contribution is 2.17. The van der Waals surface area contributed by atoms with Crippen molar-refractivity contribution in [2.45, 2.75) is 36.9 Å². The summed E-state index contributed by atoms with van der Waals surface area (Å²) >= 11 is 1.41. The summed E-state index contributed by atoms with van der Waals surface area (Å²) in [7, 11) is 3.42. The summed E-state index contributed by atoms with van der Waals surface area (Å²) in [5, 5.41) is 14.9. The fourth-order valence-electron chi connectivity index (χ4n) is 1.57. The van der Waals surface area contributed by atoms with E-state index in [-0.39, 0.29) is 0 Å². The number of hydrogen-bond donors (Lipinski definition) is 2. The van der Waals surface area contributed by atoms with E-state index in [0.29, 0.717) is 5.16 Å². The number of nitrogens with one attached hydrogen (secondary N) is 2. The van der Waals surface area contributed by atoms with E-state index in [1.165, 1.54) is 16.4 Å². The SMILES string of the molecule is CNC(C)(C#N)CCCCSc1nc(=O)c(=O)[nH]n1C. The molecule has 0 saturated heterocycles. The molecule has 0 radical (unpaired) electrons. The molecule has 1 aromatic heterocycles. The van der Waals surface area contributed by atoms with Crippen LogP contribution >= 0.6 is 11.8 Å². The Labute approximate surface area is 121 Å². The van der Waals surface area contributed by atoms with Crippen LogP contribution in [0.5, 0.6) is 0 Å². The molecule has 1 heterocycles. The Balaban J connectivity index is 2.43. The highest BCUT2D eigenvalue weighted by atomic mass is 32.2. The molecule has 0 saturated carbocycles. The smallest absolute Gasteiger partial charge is 0.303 e. The number of aromatic nitrogens is 3. The maximum absolute atomic E-state index is 11.2. The molecule has 1 unspecified atom stereocenters. The van der Waals surface area contributed by atoms with Crippen LogP contribution in [0.1, 0.15) is 26.2 Å². The number of aromatic amines is 1. The minimum atomic E-state index is -0.766. The Morgan fingerprint density at radius 1 is 1.50 bits per heavy atom. The van der Waals surface area contributed by atoms with Crippen molar-refractivity contribution in [3.63, 3.8) is 0 Å². The topological polar surface area (TPSA) is 104 Å². The first-order valence-electron chi connectivity index (χ1n) is 6.32. The fourth-order valence-corrected chi connectivity index (χ4v) is 2.49. The predicted octanol–water partition coefficient (Wildman–Crippen LogP) is 0.233. The number of thioether (sulfide) groups is 1. The van der Waals surface area contributed by atoms with Gasteiger partial charge in [-0.2, -0.15) is 10.2 Å². The lowest BCUT2D eigenvalue weighted by Gasteiger charge is -2.20. The Bertz CT molecular complexity index is 603. The minimum absolute atomic E-state index is 0.492. The minimum Gasteiger partial charge on any atom is -0.303 e. The molecule has 110 valence electrons. The van der Waals surface area contributed by atoms with Gasteiger partial charge in [-0.05, 0) is 33.2 Å². The average Bonchev–Trinajstić information content (AvgIpc) is 2.43. The van der Waals surface area contributed by atoms with Gasteiger partial charge in [0.05, 0.1) is 6.07 Å². The molecule has 0 amide bonds. The van der Waals surface area contributed by atoms with Gasteiger partial charge in [-0.1, -0.05) is 11.8 Å². The number of hydrogen-bond acceptors (Lipinski definition) is 6. The van der Waals surface area contributed by atoms with E-state index in [0.717, 1.165) is 25.0 Å². The third-order valence-corrected chi connectivity index (χ3v) is 4.16. The Morgan fingerprint density at radius 2 is 2.20 bits per heavy atom. The second-order valence-corrected chi connectivity index (χ2v) is 5.76. The zero-order chi connectivity index (χ0) is 15.2. The van der Waals surface area contributed by atoms with Crippen molar-refractivity contribution in [3.8, 4) is 6.07 Å². The lowest BCUT2D eigenvalue weighted by Crippen LogP contribution is -2.37. The molecule has 2 N–H and O–H groups in total. The van der Waals surface area contributed by atoms with Crippen LogP contribution < -0.4 is 16.4 Å². The largest absolute Gasteiger partial charge is 0.339 e. The summed E-state index contributed by atoms with van der Waals surface area (Å²) < 4.78 is 1.45. The zero-order valence-electron chi connectivity index (χ0n) is 11.9. The Kier molecular flexibility index (Phi) is 5.98. The van der Waals surface area contributed by atoms with Gasteiger partial charge in [-0.15, -0.1) is 0 Å². The molecule has 0 aromatic carbocycles. The van der Waals surface area contributed by atoms with E-state index in [2.05, 4.69) is 21.5 Å². The number of H-pyrrole nitrogens is 1. The molecule has 0 aliphatic rings. The predicted molar refractivity (Wildman–Crippen MR) is 77.8 cm³/mol. The third-order valence-electron chi connectivity index (χ3n) is 3.05. The van der Waals surface area contributed by atoms with Gasteiger partial charge in [0.1, 0.15) is 5.54 Å². The molecule has 1 aromatic rings. The molecular weight excluding hydrogens is 278 g/mol. The van der Waals surface area contributed by atoms with Gasteiger partial charge in [0.2, 0.25) is 0 Å². The van der Waals surface area contributed by atoms with Crippen LogP contribution in [0.3, 0.4) is 0 Å². The van der Waals surface area contributed by atoms with Crippen molar-refractivity contribution >= 4 is 11.8 Å². The second kappa shape index (κ2) is 7.26. The maximum atomic E-state index is 11.2. The molecule has 0 fully saturated rings. The summed E-state index contributed by atoms with van der Waals surface area (Å²) in [5.41, 5.74) is -1.97. The van der Waals surface area contributed by atoms with Crippen molar-refractivity contribution in [1.29, 1.82) is 5.26 Å². The number of nitrogens with zero attached hydrogens (tertiary/aromatic N) is 3. The summed E-state index contributed by atoms with van der Waals surface area (Å²) in [6.45, 7) is 1.87. The van der Waals surface area contributed by atoms with E-state index in [9.17, 15) is 9.59 Å². The van der Waals surface area contributed by atoms with Crippen molar-refractivity contribution in [3.05, 3.63) is 20.7 Å². The van der Waals surface area contributed by atoms with Crippen molar-refractivity contribution in [2.24, 2.45) is 7.05 Å². The van der Waals surface area contributed by atoms with E-state index in [1.807, 2.05) is 6.92 Å². The summed E-state index contributed by atoms with van der Waals surface area (Å²) in [6.07, 6.45) is 2.56. The van der Waals surface area contributed by atoms with Crippen molar-refractivity contribution in [1.82, 2.24) is 20.1 Å². The van der Waals surface area contributed by atoms with Crippen LogP contribution in [0.25, 0.3) is 0 Å². The van der Waals surface area contributed by atoms with Crippen molar-refractivity contribution < 1.29 is 0 Å². The van der Waals surface area contributed by atoms with Crippen LogP contribution in [0.4, 0.5) is 0 Å². The fraction of sp³-hybridized carbons (Fsp3) is 0.667. The van der Waals surface area contributed by atoms with E-state index in [4.69, 9.17) is 5.26 Å². The first-order valence-corrected chi connectivity index (χ1v) is 7.31. The van der Waals surface area contributed by atoms with Crippen LogP contribution in [0.2, 0.25) is 0 Å². The molecule has 1 rings (SSSR count). The molecule has 7 nitrogen and oxygen atoms in total. The third kappa shape index (κ3) is 4.51. The number of rotatable bonds is 7. The summed E-state index contributed by atoms with van der Waals surface area (Å²) in [6, 6.07) is 2.24. The first kappa shape index (κ1) is 16.5. The normalized spacial score (nSPS) is 13.7. The van der Waals surface area contributed by atoms with Crippen LogP contribution in [0, 0.1) is 11.3 Å². The van der Waals surface area contributed by atoms with Gasteiger partial charge in [-0.25, -0.2) is 0 Å². The highest BCUT2D eigenvalue weighted by molar-refractivity contribution is 7.99. The van der Waals surface area contributed by atoms with Gasteiger partial charge < -0.3 is 5.32 Å². The number of aryl methyl sites for hydroxylation is 1. The van der Waals surface area contributed by atoms with Gasteiger partial charge in [0, 0.05) is 12.8 Å². The maximum Gasteiger partial charge on any atom is 0.339 e. The van der Waals surface area contributed by atoms with E-state index in [1.54, 1.807) is 14.1 Å². The molecular formula is C12H19N5O2S. The standard InChI is InChI=1S/C12H19N5O2S/c1-12(8-13,14-2)6-4-5-7-20-11-15-9(18)10(19)16-17(11)3/h14H,4-7H2,1-3H3,(H,16,19). The molecule has 0 aliphatic carbocycles. The highest BCUT2D eigenvalue weighted by Gasteiger charge is 2.19.